The van der Waals surface area contributed by atoms with Gasteiger partial charge in [-0.05, 0) is 13.3 Å². The monoisotopic (exact) mass is 242 g/mol. The predicted octanol–water partition coefficient (Wildman–Crippen LogP) is 2.82. The maximum atomic E-state index is 12.2. The SMILES string of the molecule is CC/C=N\C1=C(C)C(=O)c2ccccc2/C1=N\O. The van der Waals surface area contributed by atoms with Gasteiger partial charge in [0.1, 0.15) is 5.71 Å². The van der Waals surface area contributed by atoms with Crippen LogP contribution in [-0.2, 0) is 0 Å². The molecule has 0 heterocycles. The molecule has 2 rings (SSSR count). The Bertz CT molecular complexity index is 583. The number of Topliss-reactive ketones (excluding diaryl/α,β-unsaturated/α-hetero) is 1. The second-order valence-electron chi connectivity index (χ2n) is 4.02. The Morgan fingerprint density at radius 1 is 1.28 bits per heavy atom. The van der Waals surface area contributed by atoms with E-state index in [2.05, 4.69) is 10.1 Å². The molecule has 1 N–H and O–H groups in total. The van der Waals surface area contributed by atoms with E-state index in [1.807, 2.05) is 6.92 Å². The van der Waals surface area contributed by atoms with Crippen LogP contribution in [0.15, 0.2) is 45.7 Å². The van der Waals surface area contributed by atoms with Crippen molar-refractivity contribution in [3.63, 3.8) is 0 Å². The molecule has 0 radical (unpaired) electrons. The van der Waals surface area contributed by atoms with Crippen molar-refractivity contribution in [3.05, 3.63) is 46.7 Å². The van der Waals surface area contributed by atoms with E-state index < -0.39 is 0 Å². The number of aliphatic imine (C=N–C) groups is 1. The molecule has 0 unspecified atom stereocenters. The van der Waals surface area contributed by atoms with Gasteiger partial charge < -0.3 is 5.21 Å². The molecule has 0 amide bonds. The number of rotatable bonds is 2. The summed E-state index contributed by atoms with van der Waals surface area (Å²) in [5.74, 6) is -0.0683. The molecule has 0 spiro atoms. The third-order valence-electron chi connectivity index (χ3n) is 2.85. The van der Waals surface area contributed by atoms with Crippen molar-refractivity contribution in [2.75, 3.05) is 0 Å². The fourth-order valence-corrected chi connectivity index (χ4v) is 1.94. The first-order chi connectivity index (χ1) is 8.70. The van der Waals surface area contributed by atoms with E-state index in [0.29, 0.717) is 28.1 Å². The minimum absolute atomic E-state index is 0.0683. The summed E-state index contributed by atoms with van der Waals surface area (Å²) in [4.78, 5) is 16.4. The van der Waals surface area contributed by atoms with Gasteiger partial charge in [-0.15, -0.1) is 0 Å². The first-order valence-electron chi connectivity index (χ1n) is 5.80. The Morgan fingerprint density at radius 2 is 1.94 bits per heavy atom. The number of allylic oxidation sites excluding steroid dienone is 2. The molecular weight excluding hydrogens is 228 g/mol. The topological polar surface area (TPSA) is 62.0 Å². The highest BCUT2D eigenvalue weighted by Gasteiger charge is 2.28. The van der Waals surface area contributed by atoms with Crippen LogP contribution in [0.4, 0.5) is 0 Å². The van der Waals surface area contributed by atoms with E-state index in [1.54, 1.807) is 37.4 Å². The zero-order valence-corrected chi connectivity index (χ0v) is 10.3. The van der Waals surface area contributed by atoms with Gasteiger partial charge in [0.25, 0.3) is 0 Å². The third kappa shape index (κ3) is 1.86. The summed E-state index contributed by atoms with van der Waals surface area (Å²) in [5.41, 5.74) is 2.48. The number of hydrogen-bond acceptors (Lipinski definition) is 4. The average molecular weight is 242 g/mol. The van der Waals surface area contributed by atoms with Crippen LogP contribution in [0.5, 0.6) is 0 Å². The fourth-order valence-electron chi connectivity index (χ4n) is 1.94. The summed E-state index contributed by atoms with van der Waals surface area (Å²) in [5, 5.41) is 12.5. The van der Waals surface area contributed by atoms with Crippen LogP contribution in [0.1, 0.15) is 36.2 Å². The molecule has 92 valence electrons. The second kappa shape index (κ2) is 4.96. The van der Waals surface area contributed by atoms with Gasteiger partial charge in [-0.3, -0.25) is 9.79 Å². The second-order valence-corrected chi connectivity index (χ2v) is 4.02. The van der Waals surface area contributed by atoms with Gasteiger partial charge in [-0.2, -0.15) is 0 Å². The zero-order chi connectivity index (χ0) is 13.1. The number of hydrogen-bond donors (Lipinski definition) is 1. The van der Waals surface area contributed by atoms with Crippen molar-refractivity contribution in [1.82, 2.24) is 0 Å². The lowest BCUT2D eigenvalue weighted by molar-refractivity contribution is 0.103. The number of fused-ring (bicyclic) bond motifs is 1. The van der Waals surface area contributed by atoms with E-state index in [-0.39, 0.29) is 5.78 Å². The van der Waals surface area contributed by atoms with Crippen molar-refractivity contribution in [1.29, 1.82) is 0 Å². The fraction of sp³-hybridized carbons (Fsp3) is 0.214. The molecule has 1 aromatic carbocycles. The molecule has 4 heteroatoms. The number of carbonyl (C=O) groups excluding carboxylic acids is 1. The Morgan fingerprint density at radius 3 is 2.56 bits per heavy atom. The highest BCUT2D eigenvalue weighted by molar-refractivity contribution is 6.28. The molecule has 0 saturated carbocycles. The normalized spacial score (nSPS) is 17.7. The lowest BCUT2D eigenvalue weighted by Crippen LogP contribution is -2.20. The quantitative estimate of drug-likeness (QED) is 0.492. The highest BCUT2D eigenvalue weighted by atomic mass is 16.4. The van der Waals surface area contributed by atoms with Gasteiger partial charge in [-0.1, -0.05) is 36.3 Å². The Hall–Kier alpha value is -2.23. The van der Waals surface area contributed by atoms with Gasteiger partial charge in [-0.25, -0.2) is 0 Å². The van der Waals surface area contributed by atoms with Gasteiger partial charge in [0.15, 0.2) is 5.78 Å². The maximum absolute atomic E-state index is 12.2. The molecule has 1 aliphatic rings. The molecule has 1 aromatic rings. The highest BCUT2D eigenvalue weighted by Crippen LogP contribution is 2.27. The number of ketones is 1. The molecule has 0 aromatic heterocycles. The van der Waals surface area contributed by atoms with Crippen LogP contribution in [0.25, 0.3) is 0 Å². The number of carbonyl (C=O) groups is 1. The predicted molar refractivity (Wildman–Crippen MR) is 70.6 cm³/mol. The molecule has 18 heavy (non-hydrogen) atoms. The summed E-state index contributed by atoms with van der Waals surface area (Å²) in [7, 11) is 0. The van der Waals surface area contributed by atoms with Crippen molar-refractivity contribution in [2.45, 2.75) is 20.3 Å². The minimum Gasteiger partial charge on any atom is -0.410 e. The molecular formula is C14H14N2O2. The van der Waals surface area contributed by atoms with Crippen molar-refractivity contribution < 1.29 is 10.0 Å². The Labute approximate surface area is 105 Å². The Balaban J connectivity index is 2.65. The van der Waals surface area contributed by atoms with Crippen molar-refractivity contribution in [2.24, 2.45) is 10.1 Å². The van der Waals surface area contributed by atoms with Crippen LogP contribution in [0, 0.1) is 0 Å². The first-order valence-corrected chi connectivity index (χ1v) is 5.80. The van der Waals surface area contributed by atoms with Crippen molar-refractivity contribution in [3.8, 4) is 0 Å². The summed E-state index contributed by atoms with van der Waals surface area (Å²) >= 11 is 0. The van der Waals surface area contributed by atoms with Gasteiger partial charge in [0.2, 0.25) is 0 Å². The van der Waals surface area contributed by atoms with Gasteiger partial charge in [0.05, 0.1) is 5.70 Å². The summed E-state index contributed by atoms with van der Waals surface area (Å²) in [6, 6.07) is 7.08. The molecule has 0 saturated heterocycles. The van der Waals surface area contributed by atoms with Gasteiger partial charge in [0, 0.05) is 22.9 Å². The smallest absolute Gasteiger partial charge is 0.191 e. The standard InChI is InChI=1S/C14H14N2O2/c1-3-8-15-12-9(2)14(17)11-7-5-4-6-10(11)13(12)16-18/h4-8,18H,3H2,1-2H3/b15-8-,16-13+. The number of nitrogens with zero attached hydrogens (tertiary/aromatic N) is 2. The largest absolute Gasteiger partial charge is 0.410 e. The average Bonchev–Trinajstić information content (AvgIpc) is 2.41. The van der Waals surface area contributed by atoms with E-state index in [1.165, 1.54) is 0 Å². The number of benzene rings is 1. The van der Waals surface area contributed by atoms with Crippen LogP contribution in [-0.4, -0.2) is 22.9 Å². The molecule has 4 nitrogen and oxygen atoms in total. The van der Waals surface area contributed by atoms with Gasteiger partial charge >= 0.3 is 0 Å². The lowest BCUT2D eigenvalue weighted by Gasteiger charge is -2.18. The maximum Gasteiger partial charge on any atom is 0.191 e. The first kappa shape index (κ1) is 12.2. The van der Waals surface area contributed by atoms with E-state index in [0.717, 1.165) is 6.42 Å². The minimum atomic E-state index is -0.0683. The number of oxime groups is 1. The molecule has 1 aliphatic carbocycles. The molecule has 0 fully saturated rings. The molecule has 0 atom stereocenters. The molecule has 0 bridgehead atoms. The van der Waals surface area contributed by atoms with Crippen LogP contribution in [0.2, 0.25) is 0 Å². The van der Waals surface area contributed by atoms with E-state index in [4.69, 9.17) is 0 Å². The Kier molecular flexibility index (Phi) is 3.37. The van der Waals surface area contributed by atoms with Crippen molar-refractivity contribution >= 4 is 17.7 Å². The summed E-state index contributed by atoms with van der Waals surface area (Å²) in [6.07, 6.45) is 2.45. The zero-order valence-electron chi connectivity index (χ0n) is 10.3. The van der Waals surface area contributed by atoms with E-state index in [9.17, 15) is 10.0 Å². The van der Waals surface area contributed by atoms with Crippen LogP contribution < -0.4 is 0 Å². The summed E-state index contributed by atoms with van der Waals surface area (Å²) in [6.45, 7) is 3.65. The summed E-state index contributed by atoms with van der Waals surface area (Å²) < 4.78 is 0. The van der Waals surface area contributed by atoms with Crippen LogP contribution >= 0.6 is 0 Å². The van der Waals surface area contributed by atoms with E-state index >= 15 is 0 Å². The third-order valence-corrected chi connectivity index (χ3v) is 2.85. The molecule has 0 aliphatic heterocycles. The lowest BCUT2D eigenvalue weighted by atomic mass is 9.87. The van der Waals surface area contributed by atoms with Crippen LogP contribution in [0.3, 0.4) is 0 Å².